The number of hydrogen-bond acceptors (Lipinski definition) is 2. The van der Waals surface area contributed by atoms with Crippen LogP contribution in [-0.4, -0.2) is 15.0 Å². The van der Waals surface area contributed by atoms with Gasteiger partial charge >= 0.3 is 0 Å². The quantitative estimate of drug-likeness (QED) is 0.725. The van der Waals surface area contributed by atoms with Crippen molar-refractivity contribution in [2.75, 3.05) is 0 Å². The van der Waals surface area contributed by atoms with Crippen LogP contribution < -0.4 is 0 Å². The summed E-state index contributed by atoms with van der Waals surface area (Å²) >= 11 is 0. The summed E-state index contributed by atoms with van der Waals surface area (Å²) in [6.07, 6.45) is 5.58. The largest absolute Gasteiger partial charge is 0.247 e. The van der Waals surface area contributed by atoms with Gasteiger partial charge in [-0.2, -0.15) is 0 Å². The Bertz CT molecular complexity index is 449. The minimum atomic E-state index is 0.000239. The van der Waals surface area contributed by atoms with Crippen LogP contribution in [0.3, 0.4) is 0 Å². The molecule has 0 saturated carbocycles. The Kier molecular flexibility index (Phi) is 5.28. The summed E-state index contributed by atoms with van der Waals surface area (Å²) in [5.41, 5.74) is 1.54. The predicted octanol–water partition coefficient (Wildman–Crippen LogP) is 5.16. The van der Waals surface area contributed by atoms with Crippen LogP contribution in [0.4, 0.5) is 0 Å². The lowest BCUT2D eigenvalue weighted by atomic mass is 9.75. The Morgan fingerprint density at radius 2 is 1.67 bits per heavy atom. The summed E-state index contributed by atoms with van der Waals surface area (Å²) in [5.74, 6) is 0.629. The van der Waals surface area contributed by atoms with Gasteiger partial charge < -0.3 is 0 Å². The Hall–Kier alpha value is -0.860. The van der Waals surface area contributed by atoms with E-state index in [1.807, 2.05) is 0 Å². The normalized spacial score (nSPS) is 15.3. The third kappa shape index (κ3) is 4.55. The van der Waals surface area contributed by atoms with Gasteiger partial charge in [-0.1, -0.05) is 60.1 Å². The monoisotopic (exact) mass is 293 g/mol. The summed E-state index contributed by atoms with van der Waals surface area (Å²) in [5, 5.41) is 8.89. The van der Waals surface area contributed by atoms with E-state index < -0.39 is 0 Å². The SMILES string of the molecule is CCCC(C)(C)c1cn(C(C)(C)CC(C)C(C)(C)C)nn1. The summed E-state index contributed by atoms with van der Waals surface area (Å²) in [7, 11) is 0. The minimum absolute atomic E-state index is 0.000239. The molecule has 0 aliphatic carbocycles. The second-order valence-electron chi connectivity index (χ2n) is 8.97. The van der Waals surface area contributed by atoms with E-state index in [2.05, 4.69) is 83.5 Å². The average molecular weight is 293 g/mol. The number of hydrogen-bond donors (Lipinski definition) is 0. The molecule has 0 amide bonds. The predicted molar refractivity (Wildman–Crippen MR) is 90.5 cm³/mol. The maximum absolute atomic E-state index is 4.46. The molecule has 1 atom stereocenters. The van der Waals surface area contributed by atoms with Crippen molar-refractivity contribution in [1.82, 2.24) is 15.0 Å². The Morgan fingerprint density at radius 1 is 1.10 bits per heavy atom. The van der Waals surface area contributed by atoms with E-state index in [0.717, 1.165) is 18.5 Å². The third-order valence-electron chi connectivity index (χ3n) is 4.97. The van der Waals surface area contributed by atoms with Crippen LogP contribution in [0.25, 0.3) is 0 Å². The van der Waals surface area contributed by atoms with Crippen molar-refractivity contribution in [1.29, 1.82) is 0 Å². The molecular weight excluding hydrogens is 258 g/mol. The van der Waals surface area contributed by atoms with Crippen molar-refractivity contribution in [3.05, 3.63) is 11.9 Å². The summed E-state index contributed by atoms with van der Waals surface area (Å²) in [6, 6.07) is 0. The molecule has 1 aromatic heterocycles. The molecule has 0 N–H and O–H groups in total. The Morgan fingerprint density at radius 3 is 2.14 bits per heavy atom. The van der Waals surface area contributed by atoms with Crippen molar-refractivity contribution in [3.63, 3.8) is 0 Å². The molecule has 1 heterocycles. The number of nitrogens with zero attached hydrogens (tertiary/aromatic N) is 3. The molecule has 0 aliphatic heterocycles. The fourth-order valence-electron chi connectivity index (χ4n) is 2.77. The van der Waals surface area contributed by atoms with E-state index >= 15 is 0 Å². The molecule has 0 saturated heterocycles. The van der Waals surface area contributed by atoms with E-state index in [1.165, 1.54) is 6.42 Å². The lowest BCUT2D eigenvalue weighted by Gasteiger charge is -2.35. The van der Waals surface area contributed by atoms with Crippen LogP contribution >= 0.6 is 0 Å². The van der Waals surface area contributed by atoms with E-state index in [9.17, 15) is 0 Å². The van der Waals surface area contributed by atoms with Crippen LogP contribution in [0.1, 0.15) is 87.3 Å². The zero-order valence-corrected chi connectivity index (χ0v) is 15.6. The first-order valence-electron chi connectivity index (χ1n) is 8.33. The van der Waals surface area contributed by atoms with Gasteiger partial charge in [0.25, 0.3) is 0 Å². The highest BCUT2D eigenvalue weighted by molar-refractivity contribution is 5.09. The first-order valence-corrected chi connectivity index (χ1v) is 8.33. The molecule has 1 rings (SSSR count). The van der Waals surface area contributed by atoms with Crippen LogP contribution in [-0.2, 0) is 11.0 Å². The van der Waals surface area contributed by atoms with Gasteiger partial charge in [0.2, 0.25) is 0 Å². The lowest BCUT2D eigenvalue weighted by molar-refractivity contribution is 0.161. The molecule has 0 spiro atoms. The second kappa shape index (κ2) is 6.10. The highest BCUT2D eigenvalue weighted by Gasteiger charge is 2.32. The summed E-state index contributed by atoms with van der Waals surface area (Å²) in [6.45, 7) is 20.5. The molecule has 1 aromatic rings. The van der Waals surface area contributed by atoms with Gasteiger partial charge in [0.15, 0.2) is 0 Å². The van der Waals surface area contributed by atoms with E-state index in [0.29, 0.717) is 11.3 Å². The fraction of sp³-hybridized carbons (Fsp3) is 0.889. The zero-order chi connectivity index (χ0) is 16.5. The van der Waals surface area contributed by atoms with Crippen molar-refractivity contribution in [2.45, 2.75) is 92.5 Å². The van der Waals surface area contributed by atoms with Crippen molar-refractivity contribution in [3.8, 4) is 0 Å². The maximum atomic E-state index is 4.46. The van der Waals surface area contributed by atoms with Crippen LogP contribution in [0, 0.1) is 11.3 Å². The molecule has 0 bridgehead atoms. The molecule has 0 aromatic carbocycles. The van der Waals surface area contributed by atoms with Gasteiger partial charge in [0.05, 0.1) is 11.2 Å². The zero-order valence-electron chi connectivity index (χ0n) is 15.6. The second-order valence-corrected chi connectivity index (χ2v) is 8.97. The maximum Gasteiger partial charge on any atom is 0.0883 e. The Labute approximate surface area is 131 Å². The molecule has 122 valence electrons. The molecular formula is C18H35N3. The summed E-state index contributed by atoms with van der Waals surface area (Å²) in [4.78, 5) is 0. The third-order valence-corrected chi connectivity index (χ3v) is 4.97. The molecule has 0 radical (unpaired) electrons. The van der Waals surface area contributed by atoms with Gasteiger partial charge in [-0.15, -0.1) is 5.10 Å². The number of rotatable bonds is 6. The molecule has 21 heavy (non-hydrogen) atoms. The average Bonchev–Trinajstić information content (AvgIpc) is 2.77. The van der Waals surface area contributed by atoms with Crippen molar-refractivity contribution >= 4 is 0 Å². The lowest BCUT2D eigenvalue weighted by Crippen LogP contribution is -2.33. The molecule has 3 heteroatoms. The minimum Gasteiger partial charge on any atom is -0.247 e. The molecule has 1 unspecified atom stereocenters. The van der Waals surface area contributed by atoms with Crippen molar-refractivity contribution in [2.24, 2.45) is 11.3 Å². The van der Waals surface area contributed by atoms with Gasteiger partial charge in [-0.05, 0) is 38.0 Å². The molecule has 0 fully saturated rings. The standard InChI is InChI=1S/C18H35N3/c1-10-11-17(6,7)15-13-21(20-19-15)18(8,9)12-14(2)16(3,4)5/h13-14H,10-12H2,1-9H3. The van der Waals surface area contributed by atoms with Crippen LogP contribution in [0.2, 0.25) is 0 Å². The van der Waals surface area contributed by atoms with Gasteiger partial charge in [0.1, 0.15) is 0 Å². The topological polar surface area (TPSA) is 30.7 Å². The van der Waals surface area contributed by atoms with Gasteiger partial charge in [0, 0.05) is 11.6 Å². The highest BCUT2D eigenvalue weighted by atomic mass is 15.4. The molecule has 3 nitrogen and oxygen atoms in total. The number of aromatic nitrogens is 3. The Balaban J connectivity index is 2.93. The molecule has 0 aliphatic rings. The highest BCUT2D eigenvalue weighted by Crippen LogP contribution is 2.35. The van der Waals surface area contributed by atoms with E-state index in [-0.39, 0.29) is 11.0 Å². The first-order chi connectivity index (χ1) is 9.40. The van der Waals surface area contributed by atoms with E-state index in [1.54, 1.807) is 0 Å². The van der Waals surface area contributed by atoms with Crippen LogP contribution in [0.5, 0.6) is 0 Å². The van der Waals surface area contributed by atoms with Crippen LogP contribution in [0.15, 0.2) is 6.20 Å². The van der Waals surface area contributed by atoms with Gasteiger partial charge in [-0.25, -0.2) is 4.68 Å². The summed E-state index contributed by atoms with van der Waals surface area (Å²) < 4.78 is 2.07. The first kappa shape index (κ1) is 18.2. The van der Waals surface area contributed by atoms with E-state index in [4.69, 9.17) is 0 Å². The smallest absolute Gasteiger partial charge is 0.0883 e. The van der Waals surface area contributed by atoms with Crippen molar-refractivity contribution < 1.29 is 0 Å². The fourth-order valence-corrected chi connectivity index (χ4v) is 2.77. The van der Waals surface area contributed by atoms with Gasteiger partial charge in [-0.3, -0.25) is 0 Å².